The third kappa shape index (κ3) is 4.68. The zero-order valence-electron chi connectivity index (χ0n) is 20.5. The molecule has 0 unspecified atom stereocenters. The minimum atomic E-state index is 0.0352. The van der Waals surface area contributed by atoms with Gasteiger partial charge in [0.1, 0.15) is 12.1 Å². The van der Waals surface area contributed by atoms with Crippen molar-refractivity contribution in [2.45, 2.75) is 26.7 Å². The molecule has 0 fully saturated rings. The fourth-order valence-electron chi connectivity index (χ4n) is 4.21. The van der Waals surface area contributed by atoms with E-state index in [-0.39, 0.29) is 6.61 Å². The van der Waals surface area contributed by atoms with Crippen molar-refractivity contribution in [1.29, 1.82) is 0 Å². The molecule has 184 valence electrons. The van der Waals surface area contributed by atoms with Gasteiger partial charge in [-0.2, -0.15) is 10.2 Å². The Labute approximate surface area is 208 Å². The van der Waals surface area contributed by atoms with Crippen molar-refractivity contribution < 1.29 is 9.84 Å². The van der Waals surface area contributed by atoms with Crippen LogP contribution in [-0.4, -0.2) is 60.4 Å². The van der Waals surface area contributed by atoms with Crippen molar-refractivity contribution in [2.24, 2.45) is 0 Å². The van der Waals surface area contributed by atoms with Gasteiger partial charge in [-0.25, -0.2) is 9.97 Å². The molecule has 0 aliphatic carbocycles. The Balaban J connectivity index is 1.52. The molecule has 1 aromatic carbocycles. The number of imidazole rings is 1. The normalized spacial score (nSPS) is 11.3. The maximum Gasteiger partial charge on any atom is 0.153 e. The van der Waals surface area contributed by atoms with Crippen molar-refractivity contribution in [3.63, 3.8) is 0 Å². The molecule has 4 aromatic heterocycles. The monoisotopic (exact) mass is 484 g/mol. The maximum atomic E-state index is 9.66. The number of hydrogen-bond acceptors (Lipinski definition) is 8. The average Bonchev–Trinajstić information content (AvgIpc) is 3.47. The number of benzene rings is 1. The van der Waals surface area contributed by atoms with Crippen LogP contribution in [0.4, 0.5) is 11.5 Å². The number of hydrogen-bond donors (Lipinski definition) is 3. The smallest absolute Gasteiger partial charge is 0.153 e. The van der Waals surface area contributed by atoms with Crippen molar-refractivity contribution >= 4 is 22.5 Å². The number of rotatable bonds is 9. The lowest BCUT2D eigenvalue weighted by Gasteiger charge is -2.13. The van der Waals surface area contributed by atoms with Gasteiger partial charge in [0.05, 0.1) is 34.7 Å². The van der Waals surface area contributed by atoms with E-state index in [9.17, 15) is 5.11 Å². The van der Waals surface area contributed by atoms with E-state index in [1.807, 2.05) is 60.9 Å². The standard InChI is InChI=1S/C26H28N8O2/c1-16-4-8-23(33-30-16)28-19-6-7-22-21(14-19)27-15-34(22)24-9-5-18(10-12-35)26(29-24)25-17(2)31-32-20(25)11-13-36-3/h4-9,14-15,35H,10-13H2,1-3H3,(H,28,33)(H,31,32). The summed E-state index contributed by atoms with van der Waals surface area (Å²) >= 11 is 0. The quantitative estimate of drug-likeness (QED) is 0.289. The second-order valence-electron chi connectivity index (χ2n) is 8.57. The third-order valence-corrected chi connectivity index (χ3v) is 6.01. The number of aromatic nitrogens is 7. The molecular weight excluding hydrogens is 456 g/mol. The highest BCUT2D eigenvalue weighted by molar-refractivity contribution is 5.82. The molecule has 0 bridgehead atoms. The van der Waals surface area contributed by atoms with E-state index in [4.69, 9.17) is 9.72 Å². The number of methoxy groups -OCH3 is 1. The molecule has 4 heterocycles. The molecule has 36 heavy (non-hydrogen) atoms. The number of nitrogens with one attached hydrogen (secondary N) is 2. The predicted molar refractivity (Wildman–Crippen MR) is 138 cm³/mol. The number of nitrogens with zero attached hydrogens (tertiary/aromatic N) is 6. The topological polar surface area (TPSA) is 127 Å². The molecule has 0 radical (unpaired) electrons. The molecule has 0 aliphatic heterocycles. The number of aliphatic hydroxyl groups excluding tert-OH is 1. The van der Waals surface area contributed by atoms with E-state index in [0.29, 0.717) is 25.3 Å². The number of H-pyrrole nitrogens is 1. The summed E-state index contributed by atoms with van der Waals surface area (Å²) in [5.41, 5.74) is 8.01. The molecule has 0 spiro atoms. The fraction of sp³-hybridized carbons (Fsp3) is 0.269. The van der Waals surface area contributed by atoms with Gasteiger partial charge in [-0.05, 0) is 62.2 Å². The zero-order valence-corrected chi connectivity index (χ0v) is 20.5. The first-order chi connectivity index (χ1) is 17.6. The number of ether oxygens (including phenoxy) is 1. The van der Waals surface area contributed by atoms with Crippen molar-refractivity contribution in [3.05, 3.63) is 71.4 Å². The van der Waals surface area contributed by atoms with E-state index in [1.54, 1.807) is 13.4 Å². The van der Waals surface area contributed by atoms with Gasteiger partial charge in [0.15, 0.2) is 5.82 Å². The summed E-state index contributed by atoms with van der Waals surface area (Å²) in [6, 6.07) is 13.7. The molecule has 0 saturated carbocycles. The minimum absolute atomic E-state index is 0.0352. The summed E-state index contributed by atoms with van der Waals surface area (Å²) in [6.45, 7) is 4.48. The van der Waals surface area contributed by atoms with Crippen LogP contribution in [0.2, 0.25) is 0 Å². The second-order valence-corrected chi connectivity index (χ2v) is 8.57. The zero-order chi connectivity index (χ0) is 25.1. The molecule has 0 atom stereocenters. The molecule has 0 saturated heterocycles. The van der Waals surface area contributed by atoms with Gasteiger partial charge in [0.2, 0.25) is 0 Å². The summed E-state index contributed by atoms with van der Waals surface area (Å²) in [5, 5.41) is 28.7. The lowest BCUT2D eigenvalue weighted by Crippen LogP contribution is -2.05. The van der Waals surface area contributed by atoms with E-state index < -0.39 is 0 Å². The summed E-state index contributed by atoms with van der Waals surface area (Å²) in [5.74, 6) is 1.41. The lowest BCUT2D eigenvalue weighted by atomic mass is 10.0. The van der Waals surface area contributed by atoms with Gasteiger partial charge >= 0.3 is 0 Å². The van der Waals surface area contributed by atoms with Crippen LogP contribution in [0.5, 0.6) is 0 Å². The summed E-state index contributed by atoms with van der Waals surface area (Å²) in [7, 11) is 1.68. The molecule has 10 nitrogen and oxygen atoms in total. The predicted octanol–water partition coefficient (Wildman–Crippen LogP) is 3.68. The number of anilines is 2. The Bertz CT molecular complexity index is 1490. The Hall–Kier alpha value is -4.15. The largest absolute Gasteiger partial charge is 0.396 e. The Morgan fingerprint density at radius 3 is 2.72 bits per heavy atom. The highest BCUT2D eigenvalue weighted by Crippen LogP contribution is 2.30. The summed E-state index contributed by atoms with van der Waals surface area (Å²) < 4.78 is 7.23. The fourth-order valence-corrected chi connectivity index (χ4v) is 4.21. The Morgan fingerprint density at radius 1 is 1.06 bits per heavy atom. The van der Waals surface area contributed by atoms with Gasteiger partial charge in [-0.15, -0.1) is 5.10 Å². The number of aryl methyl sites for hydroxylation is 2. The first-order valence-corrected chi connectivity index (χ1v) is 11.8. The highest BCUT2D eigenvalue weighted by atomic mass is 16.5. The van der Waals surface area contributed by atoms with Crippen LogP contribution in [0.15, 0.2) is 48.8 Å². The maximum absolute atomic E-state index is 9.66. The first-order valence-electron chi connectivity index (χ1n) is 11.8. The van der Waals surface area contributed by atoms with Crippen molar-refractivity contribution in [1.82, 2.24) is 34.9 Å². The van der Waals surface area contributed by atoms with Gasteiger partial charge in [-0.3, -0.25) is 9.67 Å². The van der Waals surface area contributed by atoms with Crippen LogP contribution >= 0.6 is 0 Å². The molecule has 3 N–H and O–H groups in total. The van der Waals surface area contributed by atoms with Crippen LogP contribution in [0.3, 0.4) is 0 Å². The molecule has 10 heteroatoms. The molecule has 0 aliphatic rings. The van der Waals surface area contributed by atoms with E-state index in [0.717, 1.165) is 56.4 Å². The van der Waals surface area contributed by atoms with Crippen molar-refractivity contribution in [2.75, 3.05) is 25.6 Å². The number of fused-ring (bicyclic) bond motifs is 1. The molecule has 0 amide bonds. The minimum Gasteiger partial charge on any atom is -0.396 e. The highest BCUT2D eigenvalue weighted by Gasteiger charge is 2.19. The van der Waals surface area contributed by atoms with Crippen LogP contribution in [0.25, 0.3) is 28.1 Å². The second kappa shape index (κ2) is 10.2. The average molecular weight is 485 g/mol. The van der Waals surface area contributed by atoms with Crippen molar-refractivity contribution in [3.8, 4) is 17.1 Å². The SMILES string of the molecule is COCCc1n[nH]c(C)c1-c1nc(-n2cnc3cc(Nc4ccc(C)nn4)ccc32)ccc1CCO. The third-order valence-electron chi connectivity index (χ3n) is 6.01. The lowest BCUT2D eigenvalue weighted by molar-refractivity contribution is 0.201. The van der Waals surface area contributed by atoms with E-state index in [2.05, 4.69) is 30.7 Å². The van der Waals surface area contributed by atoms with Crippen LogP contribution < -0.4 is 5.32 Å². The van der Waals surface area contributed by atoms with Gasteiger partial charge in [0.25, 0.3) is 0 Å². The summed E-state index contributed by atoms with van der Waals surface area (Å²) in [6.07, 6.45) is 2.93. The van der Waals surface area contributed by atoms with Crippen LogP contribution in [0, 0.1) is 13.8 Å². The van der Waals surface area contributed by atoms with Crippen LogP contribution in [-0.2, 0) is 17.6 Å². The van der Waals surface area contributed by atoms with Gasteiger partial charge < -0.3 is 15.2 Å². The number of pyridine rings is 1. The van der Waals surface area contributed by atoms with Gasteiger partial charge in [0, 0.05) is 37.1 Å². The van der Waals surface area contributed by atoms with Crippen LogP contribution in [0.1, 0.15) is 22.6 Å². The summed E-state index contributed by atoms with van der Waals surface area (Å²) in [4.78, 5) is 9.64. The van der Waals surface area contributed by atoms with Gasteiger partial charge in [-0.1, -0.05) is 6.07 Å². The first kappa shape index (κ1) is 23.6. The Morgan fingerprint density at radius 2 is 1.94 bits per heavy atom. The molecule has 5 aromatic rings. The molecule has 5 rings (SSSR count). The Kier molecular flexibility index (Phi) is 6.70. The number of aromatic amines is 1. The number of aliphatic hydroxyl groups is 1. The van der Waals surface area contributed by atoms with E-state index in [1.165, 1.54) is 0 Å². The van der Waals surface area contributed by atoms with E-state index >= 15 is 0 Å². The molecular formula is C26H28N8O2.